The van der Waals surface area contributed by atoms with Crippen LogP contribution in [0.15, 0.2) is 36.7 Å². The van der Waals surface area contributed by atoms with Gasteiger partial charge in [0.15, 0.2) is 0 Å². The molecule has 0 saturated heterocycles. The zero-order chi connectivity index (χ0) is 15.1. The first-order valence-corrected chi connectivity index (χ1v) is 6.86. The van der Waals surface area contributed by atoms with Crippen LogP contribution in [0.1, 0.15) is 22.8 Å². The second-order valence-corrected chi connectivity index (χ2v) is 4.45. The van der Waals surface area contributed by atoms with E-state index in [2.05, 4.69) is 10.4 Å². The van der Waals surface area contributed by atoms with Crippen molar-refractivity contribution in [2.75, 3.05) is 13.2 Å². The van der Waals surface area contributed by atoms with E-state index >= 15 is 0 Å². The molecule has 1 amide bonds. The SMILES string of the molecule is CCn1cc(C(=O)NCc2ccccc2OCCO)cn1. The van der Waals surface area contributed by atoms with Crippen molar-refractivity contribution in [3.63, 3.8) is 0 Å². The second-order valence-electron chi connectivity index (χ2n) is 4.45. The van der Waals surface area contributed by atoms with Crippen LogP contribution in [-0.4, -0.2) is 34.0 Å². The molecule has 1 aromatic heterocycles. The molecular formula is C15H19N3O3. The van der Waals surface area contributed by atoms with Gasteiger partial charge >= 0.3 is 0 Å². The largest absolute Gasteiger partial charge is 0.491 e. The minimum absolute atomic E-state index is 0.0447. The van der Waals surface area contributed by atoms with E-state index < -0.39 is 0 Å². The van der Waals surface area contributed by atoms with Crippen LogP contribution in [0, 0.1) is 0 Å². The standard InChI is InChI=1S/C15H19N3O3/c1-2-18-11-13(10-17-18)15(20)16-9-12-5-3-4-6-14(12)21-8-7-19/h3-6,10-11,19H,2,7-9H2,1H3,(H,16,20). The summed E-state index contributed by atoms with van der Waals surface area (Å²) in [4.78, 5) is 12.0. The van der Waals surface area contributed by atoms with Gasteiger partial charge in [-0.25, -0.2) is 0 Å². The Morgan fingerprint density at radius 2 is 2.24 bits per heavy atom. The molecule has 2 N–H and O–H groups in total. The van der Waals surface area contributed by atoms with Crippen LogP contribution in [-0.2, 0) is 13.1 Å². The predicted molar refractivity (Wildman–Crippen MR) is 78.1 cm³/mol. The van der Waals surface area contributed by atoms with E-state index in [1.54, 1.807) is 17.1 Å². The van der Waals surface area contributed by atoms with Crippen molar-refractivity contribution >= 4 is 5.91 Å². The van der Waals surface area contributed by atoms with E-state index in [9.17, 15) is 4.79 Å². The molecule has 0 aliphatic heterocycles. The lowest BCUT2D eigenvalue weighted by atomic mass is 10.2. The molecule has 0 radical (unpaired) electrons. The fourth-order valence-corrected chi connectivity index (χ4v) is 1.88. The number of para-hydroxylation sites is 1. The van der Waals surface area contributed by atoms with Crippen LogP contribution in [0.2, 0.25) is 0 Å². The molecule has 2 rings (SSSR count). The van der Waals surface area contributed by atoms with Gasteiger partial charge in [-0.2, -0.15) is 5.10 Å². The third kappa shape index (κ3) is 4.06. The summed E-state index contributed by atoms with van der Waals surface area (Å²) in [5, 5.41) is 15.7. The van der Waals surface area contributed by atoms with E-state index in [1.165, 1.54) is 0 Å². The number of amides is 1. The summed E-state index contributed by atoms with van der Waals surface area (Å²) < 4.78 is 7.13. The molecule has 112 valence electrons. The topological polar surface area (TPSA) is 76.4 Å². The smallest absolute Gasteiger partial charge is 0.254 e. The molecule has 0 spiro atoms. The van der Waals surface area contributed by atoms with E-state index in [-0.39, 0.29) is 19.1 Å². The predicted octanol–water partition coefficient (Wildman–Crippen LogP) is 1.20. The average molecular weight is 289 g/mol. The van der Waals surface area contributed by atoms with Crippen LogP contribution in [0.5, 0.6) is 5.75 Å². The summed E-state index contributed by atoms with van der Waals surface area (Å²) in [5.74, 6) is 0.489. The molecule has 0 atom stereocenters. The Balaban J connectivity index is 1.97. The van der Waals surface area contributed by atoms with Crippen LogP contribution in [0.3, 0.4) is 0 Å². The van der Waals surface area contributed by atoms with Gasteiger partial charge in [-0.05, 0) is 13.0 Å². The number of aromatic nitrogens is 2. The molecule has 21 heavy (non-hydrogen) atoms. The Morgan fingerprint density at radius 3 is 2.95 bits per heavy atom. The molecule has 1 heterocycles. The number of nitrogens with one attached hydrogen (secondary N) is 1. The first-order valence-electron chi connectivity index (χ1n) is 6.86. The number of aryl methyl sites for hydroxylation is 1. The molecule has 0 bridgehead atoms. The third-order valence-electron chi connectivity index (χ3n) is 2.98. The number of rotatable bonds is 7. The molecule has 0 saturated carbocycles. The number of aliphatic hydroxyl groups is 1. The summed E-state index contributed by atoms with van der Waals surface area (Å²) in [7, 11) is 0. The van der Waals surface area contributed by atoms with E-state index in [0.717, 1.165) is 12.1 Å². The first-order chi connectivity index (χ1) is 10.2. The number of benzene rings is 1. The molecule has 6 heteroatoms. The molecular weight excluding hydrogens is 270 g/mol. The molecule has 0 unspecified atom stereocenters. The van der Waals surface area contributed by atoms with Crippen molar-refractivity contribution in [3.8, 4) is 5.75 Å². The van der Waals surface area contributed by atoms with Crippen molar-refractivity contribution in [1.29, 1.82) is 0 Å². The van der Waals surface area contributed by atoms with Gasteiger partial charge in [0.1, 0.15) is 12.4 Å². The highest BCUT2D eigenvalue weighted by atomic mass is 16.5. The average Bonchev–Trinajstić information content (AvgIpc) is 3.00. The zero-order valence-electron chi connectivity index (χ0n) is 12.0. The summed E-state index contributed by atoms with van der Waals surface area (Å²) in [5.41, 5.74) is 1.40. The second kappa shape index (κ2) is 7.44. The van der Waals surface area contributed by atoms with Crippen molar-refractivity contribution < 1.29 is 14.6 Å². The Labute approximate surface area is 123 Å². The highest BCUT2D eigenvalue weighted by Crippen LogP contribution is 2.17. The molecule has 6 nitrogen and oxygen atoms in total. The maximum atomic E-state index is 12.0. The Kier molecular flexibility index (Phi) is 5.34. The summed E-state index contributed by atoms with van der Waals surface area (Å²) >= 11 is 0. The fraction of sp³-hybridized carbons (Fsp3) is 0.333. The Morgan fingerprint density at radius 1 is 1.43 bits per heavy atom. The fourth-order valence-electron chi connectivity index (χ4n) is 1.88. The number of nitrogens with zero attached hydrogens (tertiary/aromatic N) is 2. The molecule has 0 aliphatic rings. The highest BCUT2D eigenvalue weighted by molar-refractivity contribution is 5.93. The van der Waals surface area contributed by atoms with Crippen LogP contribution in [0.25, 0.3) is 0 Å². The molecule has 1 aromatic carbocycles. The first kappa shape index (κ1) is 15.1. The number of aliphatic hydroxyl groups excluding tert-OH is 1. The lowest BCUT2D eigenvalue weighted by molar-refractivity contribution is 0.0950. The van der Waals surface area contributed by atoms with Crippen LogP contribution >= 0.6 is 0 Å². The Hall–Kier alpha value is -2.34. The van der Waals surface area contributed by atoms with Crippen molar-refractivity contribution in [2.24, 2.45) is 0 Å². The van der Waals surface area contributed by atoms with Crippen LogP contribution < -0.4 is 10.1 Å². The minimum Gasteiger partial charge on any atom is -0.491 e. The monoisotopic (exact) mass is 289 g/mol. The maximum Gasteiger partial charge on any atom is 0.254 e. The summed E-state index contributed by atoms with van der Waals surface area (Å²) in [6.07, 6.45) is 3.26. The summed E-state index contributed by atoms with van der Waals surface area (Å²) in [6, 6.07) is 7.42. The van der Waals surface area contributed by atoms with Gasteiger partial charge in [0.25, 0.3) is 5.91 Å². The number of hydrogen-bond acceptors (Lipinski definition) is 4. The lowest BCUT2D eigenvalue weighted by Crippen LogP contribution is -2.22. The van der Waals surface area contributed by atoms with E-state index in [4.69, 9.17) is 9.84 Å². The number of hydrogen-bond donors (Lipinski definition) is 2. The molecule has 2 aromatic rings. The van der Waals surface area contributed by atoms with Gasteiger partial charge in [-0.1, -0.05) is 18.2 Å². The number of carbonyl (C=O) groups is 1. The molecule has 0 fully saturated rings. The van der Waals surface area contributed by atoms with Crippen molar-refractivity contribution in [2.45, 2.75) is 20.0 Å². The third-order valence-corrected chi connectivity index (χ3v) is 2.98. The van der Waals surface area contributed by atoms with Gasteiger partial charge in [0, 0.05) is 24.8 Å². The quantitative estimate of drug-likeness (QED) is 0.803. The van der Waals surface area contributed by atoms with Crippen molar-refractivity contribution in [3.05, 3.63) is 47.8 Å². The maximum absolute atomic E-state index is 12.0. The van der Waals surface area contributed by atoms with E-state index in [1.807, 2.05) is 31.2 Å². The van der Waals surface area contributed by atoms with Crippen molar-refractivity contribution in [1.82, 2.24) is 15.1 Å². The number of ether oxygens (including phenoxy) is 1. The number of carbonyl (C=O) groups excluding carboxylic acids is 1. The highest BCUT2D eigenvalue weighted by Gasteiger charge is 2.09. The van der Waals surface area contributed by atoms with Gasteiger partial charge in [0.05, 0.1) is 18.4 Å². The van der Waals surface area contributed by atoms with Gasteiger partial charge in [0.2, 0.25) is 0 Å². The minimum atomic E-state index is -0.174. The lowest BCUT2D eigenvalue weighted by Gasteiger charge is -2.11. The van der Waals surface area contributed by atoms with Gasteiger partial charge in [-0.15, -0.1) is 0 Å². The van der Waals surface area contributed by atoms with Gasteiger partial charge < -0.3 is 15.2 Å². The van der Waals surface area contributed by atoms with Crippen LogP contribution in [0.4, 0.5) is 0 Å². The zero-order valence-corrected chi connectivity index (χ0v) is 12.0. The molecule has 0 aliphatic carbocycles. The normalized spacial score (nSPS) is 10.4. The van der Waals surface area contributed by atoms with E-state index in [0.29, 0.717) is 17.9 Å². The van der Waals surface area contributed by atoms with Gasteiger partial charge in [-0.3, -0.25) is 9.48 Å². The Bertz CT molecular complexity index is 595. The summed E-state index contributed by atoms with van der Waals surface area (Å²) in [6.45, 7) is 3.23.